The molecule has 1 heterocycles. The van der Waals surface area contributed by atoms with Gasteiger partial charge in [0, 0.05) is 22.5 Å². The molecule has 0 bridgehead atoms. The van der Waals surface area contributed by atoms with E-state index in [-0.39, 0.29) is 6.03 Å². The van der Waals surface area contributed by atoms with Crippen molar-refractivity contribution in [3.63, 3.8) is 0 Å². The first-order valence-corrected chi connectivity index (χ1v) is 8.72. The Balaban J connectivity index is 1.48. The zero-order valence-electron chi connectivity index (χ0n) is 12.8. The van der Waals surface area contributed by atoms with E-state index in [9.17, 15) is 4.79 Å². The van der Waals surface area contributed by atoms with Gasteiger partial charge >= 0.3 is 6.03 Å². The Kier molecular flexibility index (Phi) is 5.46. The highest BCUT2D eigenvalue weighted by Gasteiger charge is 2.06. The van der Waals surface area contributed by atoms with Crippen molar-refractivity contribution in [2.24, 2.45) is 0 Å². The molecule has 0 fully saturated rings. The van der Waals surface area contributed by atoms with E-state index in [2.05, 4.69) is 15.6 Å². The molecule has 1 aromatic heterocycles. The van der Waals surface area contributed by atoms with Crippen LogP contribution >= 0.6 is 22.9 Å². The molecule has 0 unspecified atom stereocenters. The lowest BCUT2D eigenvalue weighted by molar-refractivity contribution is 0.240. The van der Waals surface area contributed by atoms with E-state index in [1.807, 2.05) is 47.8 Å². The number of benzene rings is 2. The first kappa shape index (κ1) is 16.5. The lowest BCUT2D eigenvalue weighted by Crippen LogP contribution is -2.34. The van der Waals surface area contributed by atoms with E-state index in [4.69, 9.17) is 11.6 Å². The molecule has 122 valence electrons. The number of thiazole rings is 1. The van der Waals surface area contributed by atoms with E-state index >= 15 is 0 Å². The van der Waals surface area contributed by atoms with E-state index in [1.54, 1.807) is 12.1 Å². The highest BCUT2D eigenvalue weighted by molar-refractivity contribution is 7.09. The van der Waals surface area contributed by atoms with Gasteiger partial charge < -0.3 is 10.6 Å². The maximum Gasteiger partial charge on any atom is 0.315 e. The average Bonchev–Trinajstić information content (AvgIpc) is 3.09. The van der Waals surface area contributed by atoms with Crippen LogP contribution in [0.15, 0.2) is 60.0 Å². The first-order valence-electron chi connectivity index (χ1n) is 7.47. The molecule has 4 nitrogen and oxygen atoms in total. The van der Waals surface area contributed by atoms with Gasteiger partial charge in [0.1, 0.15) is 5.01 Å². The fourth-order valence-electron chi connectivity index (χ4n) is 2.14. The number of amides is 2. The van der Waals surface area contributed by atoms with Gasteiger partial charge in [-0.3, -0.25) is 0 Å². The van der Waals surface area contributed by atoms with Gasteiger partial charge in [0.05, 0.1) is 12.2 Å². The van der Waals surface area contributed by atoms with Crippen LogP contribution in [-0.4, -0.2) is 11.0 Å². The van der Waals surface area contributed by atoms with Gasteiger partial charge in [0.25, 0.3) is 0 Å². The Bertz CT molecular complexity index is 803. The lowest BCUT2D eigenvalue weighted by Gasteiger charge is -2.06. The molecular formula is C18H16ClN3OS. The fraction of sp³-hybridized carbons (Fsp3) is 0.111. The van der Waals surface area contributed by atoms with Crippen molar-refractivity contribution in [2.45, 2.75) is 13.1 Å². The van der Waals surface area contributed by atoms with Crippen molar-refractivity contribution < 1.29 is 4.79 Å². The van der Waals surface area contributed by atoms with Gasteiger partial charge in [0.2, 0.25) is 0 Å². The molecule has 0 aliphatic rings. The minimum absolute atomic E-state index is 0.221. The van der Waals surface area contributed by atoms with E-state index in [0.29, 0.717) is 18.1 Å². The molecule has 24 heavy (non-hydrogen) atoms. The number of rotatable bonds is 5. The fourth-order valence-corrected chi connectivity index (χ4v) is 3.01. The third kappa shape index (κ3) is 4.57. The third-order valence-corrected chi connectivity index (χ3v) is 4.49. The van der Waals surface area contributed by atoms with Crippen molar-refractivity contribution in [1.29, 1.82) is 0 Å². The maximum absolute atomic E-state index is 11.9. The maximum atomic E-state index is 11.9. The quantitative estimate of drug-likeness (QED) is 0.708. The zero-order chi connectivity index (χ0) is 16.8. The average molecular weight is 358 g/mol. The molecule has 0 aliphatic heterocycles. The Morgan fingerprint density at radius 3 is 2.46 bits per heavy atom. The smallest absolute Gasteiger partial charge is 0.315 e. The Labute approximate surface area is 149 Å². The molecule has 0 spiro atoms. The Morgan fingerprint density at radius 2 is 1.71 bits per heavy atom. The molecule has 0 saturated carbocycles. The molecule has 2 N–H and O–H groups in total. The topological polar surface area (TPSA) is 54.0 Å². The summed E-state index contributed by atoms with van der Waals surface area (Å²) in [6.45, 7) is 0.861. The van der Waals surface area contributed by atoms with Gasteiger partial charge in [-0.25, -0.2) is 9.78 Å². The third-order valence-electron chi connectivity index (χ3n) is 3.39. The van der Waals surface area contributed by atoms with Crippen LogP contribution in [0.25, 0.3) is 11.3 Å². The van der Waals surface area contributed by atoms with Crippen molar-refractivity contribution in [2.75, 3.05) is 0 Å². The SMILES string of the molecule is O=C(NCc1ccc(Cl)cc1)NCc1nc(-c2ccccc2)cs1. The summed E-state index contributed by atoms with van der Waals surface area (Å²) in [5, 5.41) is 9.18. The van der Waals surface area contributed by atoms with Crippen LogP contribution in [0.3, 0.4) is 0 Å². The van der Waals surface area contributed by atoms with Crippen LogP contribution < -0.4 is 10.6 Å². The number of nitrogens with zero attached hydrogens (tertiary/aromatic N) is 1. The van der Waals surface area contributed by atoms with Crippen LogP contribution in [0.4, 0.5) is 4.79 Å². The minimum Gasteiger partial charge on any atom is -0.334 e. The van der Waals surface area contributed by atoms with E-state index in [0.717, 1.165) is 21.8 Å². The molecule has 0 radical (unpaired) electrons. The highest BCUT2D eigenvalue weighted by Crippen LogP contribution is 2.21. The largest absolute Gasteiger partial charge is 0.334 e. The second-order valence-electron chi connectivity index (χ2n) is 5.16. The van der Waals surface area contributed by atoms with Gasteiger partial charge in [-0.15, -0.1) is 11.3 Å². The summed E-state index contributed by atoms with van der Waals surface area (Å²) in [5.74, 6) is 0. The summed E-state index contributed by atoms with van der Waals surface area (Å²) in [6.07, 6.45) is 0. The van der Waals surface area contributed by atoms with Gasteiger partial charge in [-0.1, -0.05) is 54.1 Å². The standard InChI is InChI=1S/C18H16ClN3OS/c19-15-8-6-13(7-9-15)10-20-18(23)21-11-17-22-16(12-24-17)14-4-2-1-3-5-14/h1-9,12H,10-11H2,(H2,20,21,23). The number of hydrogen-bond donors (Lipinski definition) is 2. The number of carbonyl (C=O) groups is 1. The predicted octanol–water partition coefficient (Wildman–Crippen LogP) is 4.46. The molecule has 0 saturated heterocycles. The number of nitrogens with one attached hydrogen (secondary N) is 2. The number of hydrogen-bond acceptors (Lipinski definition) is 3. The van der Waals surface area contributed by atoms with Crippen molar-refractivity contribution in [1.82, 2.24) is 15.6 Å². The van der Waals surface area contributed by atoms with Crippen LogP contribution in [0.2, 0.25) is 5.02 Å². The Morgan fingerprint density at radius 1 is 1.00 bits per heavy atom. The van der Waals surface area contributed by atoms with Gasteiger partial charge in [0.15, 0.2) is 0 Å². The summed E-state index contributed by atoms with van der Waals surface area (Å²) in [5.41, 5.74) is 3.00. The Hall–Kier alpha value is -2.37. The molecule has 3 rings (SSSR count). The highest BCUT2D eigenvalue weighted by atomic mass is 35.5. The predicted molar refractivity (Wildman–Crippen MR) is 98.1 cm³/mol. The number of carbonyl (C=O) groups excluding carboxylic acids is 1. The molecule has 3 aromatic rings. The molecule has 2 aromatic carbocycles. The van der Waals surface area contributed by atoms with Crippen molar-refractivity contribution in [3.05, 3.63) is 75.6 Å². The van der Waals surface area contributed by atoms with Gasteiger partial charge in [-0.05, 0) is 17.7 Å². The first-order chi connectivity index (χ1) is 11.7. The van der Waals surface area contributed by atoms with Crippen molar-refractivity contribution >= 4 is 29.0 Å². The van der Waals surface area contributed by atoms with Crippen LogP contribution in [0.1, 0.15) is 10.6 Å². The molecular weight excluding hydrogens is 342 g/mol. The zero-order valence-corrected chi connectivity index (χ0v) is 14.4. The normalized spacial score (nSPS) is 10.4. The summed E-state index contributed by atoms with van der Waals surface area (Å²) >= 11 is 7.37. The number of aromatic nitrogens is 1. The van der Waals surface area contributed by atoms with Crippen LogP contribution in [0.5, 0.6) is 0 Å². The molecule has 6 heteroatoms. The van der Waals surface area contributed by atoms with Crippen molar-refractivity contribution in [3.8, 4) is 11.3 Å². The summed E-state index contributed by atoms with van der Waals surface area (Å²) in [6, 6.07) is 17.1. The molecule has 2 amide bonds. The summed E-state index contributed by atoms with van der Waals surface area (Å²) in [7, 11) is 0. The number of urea groups is 1. The second kappa shape index (κ2) is 7.95. The molecule has 0 atom stereocenters. The minimum atomic E-state index is -0.221. The summed E-state index contributed by atoms with van der Waals surface area (Å²) < 4.78 is 0. The lowest BCUT2D eigenvalue weighted by atomic mass is 10.2. The monoisotopic (exact) mass is 357 g/mol. The summed E-state index contributed by atoms with van der Waals surface area (Å²) in [4.78, 5) is 16.4. The van der Waals surface area contributed by atoms with Gasteiger partial charge in [-0.2, -0.15) is 0 Å². The van der Waals surface area contributed by atoms with Crippen LogP contribution in [-0.2, 0) is 13.1 Å². The second-order valence-corrected chi connectivity index (χ2v) is 6.53. The van der Waals surface area contributed by atoms with E-state index < -0.39 is 0 Å². The number of halogens is 1. The van der Waals surface area contributed by atoms with E-state index in [1.165, 1.54) is 11.3 Å². The molecule has 0 aliphatic carbocycles. The van der Waals surface area contributed by atoms with Crippen LogP contribution in [0, 0.1) is 0 Å².